The van der Waals surface area contributed by atoms with Crippen LogP contribution in [0.25, 0.3) is 0 Å². The maximum Gasteiger partial charge on any atom is 0.251 e. The molecule has 0 spiro atoms. The summed E-state index contributed by atoms with van der Waals surface area (Å²) in [5.74, 6) is 0.558. The highest BCUT2D eigenvalue weighted by Gasteiger charge is 2.17. The minimum Gasteiger partial charge on any atom is -0.348 e. The Labute approximate surface area is 180 Å². The molecule has 4 rings (SSSR count). The zero-order valence-electron chi connectivity index (χ0n) is 17.1. The topological polar surface area (TPSA) is 76.0 Å². The number of thioether (sulfide) groups is 1. The van der Waals surface area contributed by atoms with Crippen LogP contribution in [0.1, 0.15) is 39.3 Å². The highest BCUT2D eigenvalue weighted by Crippen LogP contribution is 2.31. The number of hydrogen-bond donors (Lipinski definition) is 2. The van der Waals surface area contributed by atoms with Gasteiger partial charge in [-0.25, -0.2) is 0 Å². The second-order valence-corrected chi connectivity index (χ2v) is 8.47. The van der Waals surface area contributed by atoms with Crippen LogP contribution in [0.15, 0.2) is 53.4 Å². The monoisotopic (exact) mass is 420 g/mol. The van der Waals surface area contributed by atoms with Crippen LogP contribution < -0.4 is 10.6 Å². The van der Waals surface area contributed by atoms with E-state index in [1.807, 2.05) is 42.8 Å². The van der Waals surface area contributed by atoms with Gasteiger partial charge in [0.1, 0.15) is 0 Å². The van der Waals surface area contributed by atoms with Gasteiger partial charge in [0.15, 0.2) is 0 Å². The predicted octanol–water partition coefficient (Wildman–Crippen LogP) is 3.91. The number of nitrogens with one attached hydrogen (secondary N) is 2. The van der Waals surface area contributed by atoms with Gasteiger partial charge in [0, 0.05) is 40.4 Å². The molecule has 0 bridgehead atoms. The van der Waals surface area contributed by atoms with Crippen molar-refractivity contribution in [3.05, 3.63) is 76.6 Å². The van der Waals surface area contributed by atoms with E-state index in [-0.39, 0.29) is 11.8 Å². The molecule has 0 atom stereocenters. The van der Waals surface area contributed by atoms with E-state index in [0.717, 1.165) is 27.6 Å². The Bertz CT molecular complexity index is 1090. The van der Waals surface area contributed by atoms with Crippen molar-refractivity contribution in [2.75, 3.05) is 11.1 Å². The lowest BCUT2D eigenvalue weighted by Crippen LogP contribution is -2.23. The van der Waals surface area contributed by atoms with Crippen LogP contribution in [0.2, 0.25) is 0 Å². The third kappa shape index (κ3) is 4.41. The molecule has 1 aliphatic heterocycles. The highest BCUT2D eigenvalue weighted by molar-refractivity contribution is 7.99. The first-order valence-corrected chi connectivity index (χ1v) is 10.9. The van der Waals surface area contributed by atoms with Gasteiger partial charge < -0.3 is 10.6 Å². The Morgan fingerprint density at radius 3 is 2.80 bits per heavy atom. The fourth-order valence-electron chi connectivity index (χ4n) is 3.53. The Morgan fingerprint density at radius 2 is 2.00 bits per heavy atom. The van der Waals surface area contributed by atoms with Gasteiger partial charge in [-0.05, 0) is 37.6 Å². The Kier molecular flexibility index (Phi) is 5.90. The fourth-order valence-corrected chi connectivity index (χ4v) is 4.47. The van der Waals surface area contributed by atoms with Crippen LogP contribution in [0.4, 0.5) is 5.69 Å². The minimum absolute atomic E-state index is 0.0177. The molecule has 0 fully saturated rings. The van der Waals surface area contributed by atoms with Gasteiger partial charge in [-0.1, -0.05) is 30.3 Å². The van der Waals surface area contributed by atoms with Gasteiger partial charge in [0.05, 0.1) is 17.9 Å². The zero-order chi connectivity index (χ0) is 21.1. The van der Waals surface area contributed by atoms with Crippen molar-refractivity contribution >= 4 is 29.3 Å². The lowest BCUT2D eigenvalue weighted by atomic mass is 10.1. The standard InChI is InChI=1S/C23H24N4O2S/c1-15-19(16(2)27(26-15)14-17-6-4-3-5-7-17)13-24-23(29)18-8-9-21-20(12-18)25-22(28)10-11-30-21/h3-9,12H,10-11,13-14H2,1-2H3,(H,24,29)(H,25,28). The van der Waals surface area contributed by atoms with Crippen LogP contribution in [-0.2, 0) is 17.9 Å². The molecule has 7 heteroatoms. The number of amides is 2. The summed E-state index contributed by atoms with van der Waals surface area (Å²) in [4.78, 5) is 25.5. The number of benzene rings is 2. The molecule has 0 unspecified atom stereocenters. The number of anilines is 1. The van der Waals surface area contributed by atoms with Crippen molar-refractivity contribution in [3.63, 3.8) is 0 Å². The maximum atomic E-state index is 12.7. The van der Waals surface area contributed by atoms with Crippen LogP contribution in [0.3, 0.4) is 0 Å². The smallest absolute Gasteiger partial charge is 0.251 e. The van der Waals surface area contributed by atoms with E-state index >= 15 is 0 Å². The van der Waals surface area contributed by atoms with Gasteiger partial charge in [0.2, 0.25) is 5.91 Å². The molecule has 0 saturated carbocycles. The average Bonchev–Trinajstić information content (AvgIpc) is 2.89. The molecule has 6 nitrogen and oxygen atoms in total. The quantitative estimate of drug-likeness (QED) is 0.656. The number of carbonyl (C=O) groups excluding carboxylic acids is 2. The Hall–Kier alpha value is -3.06. The van der Waals surface area contributed by atoms with E-state index in [4.69, 9.17) is 0 Å². The third-order valence-electron chi connectivity index (χ3n) is 5.23. The second-order valence-electron chi connectivity index (χ2n) is 7.33. The summed E-state index contributed by atoms with van der Waals surface area (Å²) in [7, 11) is 0. The minimum atomic E-state index is -0.170. The average molecular weight is 421 g/mol. The van der Waals surface area contributed by atoms with E-state index in [1.54, 1.807) is 23.9 Å². The van der Waals surface area contributed by atoms with Crippen molar-refractivity contribution in [2.45, 2.75) is 38.3 Å². The number of nitrogens with zero attached hydrogens (tertiary/aromatic N) is 2. The van der Waals surface area contributed by atoms with E-state index < -0.39 is 0 Å². The van der Waals surface area contributed by atoms with Gasteiger partial charge in [0.25, 0.3) is 5.91 Å². The summed E-state index contributed by atoms with van der Waals surface area (Å²) in [6, 6.07) is 15.6. The van der Waals surface area contributed by atoms with Crippen LogP contribution in [-0.4, -0.2) is 27.3 Å². The molecule has 2 amide bonds. The lowest BCUT2D eigenvalue weighted by molar-refractivity contribution is -0.115. The number of rotatable bonds is 5. The first kappa shape index (κ1) is 20.2. The molecule has 0 aliphatic carbocycles. The van der Waals surface area contributed by atoms with Gasteiger partial charge in [-0.15, -0.1) is 11.8 Å². The van der Waals surface area contributed by atoms with Crippen LogP contribution >= 0.6 is 11.8 Å². The summed E-state index contributed by atoms with van der Waals surface area (Å²) in [6.07, 6.45) is 0.479. The molecule has 2 aromatic carbocycles. The number of aromatic nitrogens is 2. The maximum absolute atomic E-state index is 12.7. The van der Waals surface area contributed by atoms with Crippen LogP contribution in [0, 0.1) is 13.8 Å². The van der Waals surface area contributed by atoms with E-state index in [1.165, 1.54) is 5.56 Å². The summed E-state index contributed by atoms with van der Waals surface area (Å²) in [5, 5.41) is 10.5. The van der Waals surface area contributed by atoms with Gasteiger partial charge in [-0.3, -0.25) is 14.3 Å². The third-order valence-corrected chi connectivity index (χ3v) is 6.31. The summed E-state index contributed by atoms with van der Waals surface area (Å²) < 4.78 is 1.97. The van der Waals surface area contributed by atoms with Crippen molar-refractivity contribution in [1.29, 1.82) is 0 Å². The summed E-state index contributed by atoms with van der Waals surface area (Å²) >= 11 is 1.63. The Morgan fingerprint density at radius 1 is 1.20 bits per heavy atom. The van der Waals surface area contributed by atoms with Gasteiger partial charge in [-0.2, -0.15) is 5.10 Å². The first-order valence-electron chi connectivity index (χ1n) is 9.93. The molecule has 2 heterocycles. The number of aryl methyl sites for hydroxylation is 1. The molecular formula is C23H24N4O2S. The summed E-state index contributed by atoms with van der Waals surface area (Å²) in [6.45, 7) is 5.10. The number of fused-ring (bicyclic) bond motifs is 1. The van der Waals surface area contributed by atoms with E-state index in [2.05, 4.69) is 27.9 Å². The number of hydrogen-bond acceptors (Lipinski definition) is 4. The number of carbonyl (C=O) groups is 2. The first-order chi connectivity index (χ1) is 14.5. The van der Waals surface area contributed by atoms with Gasteiger partial charge >= 0.3 is 0 Å². The molecule has 0 radical (unpaired) electrons. The molecular weight excluding hydrogens is 396 g/mol. The Balaban J connectivity index is 1.46. The normalized spacial score (nSPS) is 13.3. The lowest BCUT2D eigenvalue weighted by Gasteiger charge is -2.10. The molecule has 1 aliphatic rings. The molecule has 30 heavy (non-hydrogen) atoms. The van der Waals surface area contributed by atoms with Crippen molar-refractivity contribution in [3.8, 4) is 0 Å². The van der Waals surface area contributed by atoms with E-state index in [0.29, 0.717) is 30.8 Å². The summed E-state index contributed by atoms with van der Waals surface area (Å²) in [5.41, 5.74) is 5.40. The SMILES string of the molecule is Cc1nn(Cc2ccccc2)c(C)c1CNC(=O)c1ccc2c(c1)NC(=O)CCS2. The predicted molar refractivity (Wildman–Crippen MR) is 119 cm³/mol. The largest absolute Gasteiger partial charge is 0.348 e. The fraction of sp³-hybridized carbons (Fsp3) is 0.261. The molecule has 3 aromatic rings. The zero-order valence-corrected chi connectivity index (χ0v) is 17.9. The second kappa shape index (κ2) is 8.75. The molecule has 1 aromatic heterocycles. The highest BCUT2D eigenvalue weighted by atomic mass is 32.2. The van der Waals surface area contributed by atoms with Crippen molar-refractivity contribution in [1.82, 2.24) is 15.1 Å². The molecule has 2 N–H and O–H groups in total. The molecule has 154 valence electrons. The molecule has 0 saturated heterocycles. The van der Waals surface area contributed by atoms with E-state index in [9.17, 15) is 9.59 Å². The van der Waals surface area contributed by atoms with Crippen molar-refractivity contribution < 1.29 is 9.59 Å². The van der Waals surface area contributed by atoms with Crippen molar-refractivity contribution in [2.24, 2.45) is 0 Å². The van der Waals surface area contributed by atoms with Crippen LogP contribution in [0.5, 0.6) is 0 Å².